The maximum atomic E-state index is 2.58. The fraction of sp³-hybridized carbons (Fsp3) is 1.00. The monoisotopic (exact) mass is 125 g/mol. The molecule has 0 aromatic heterocycles. The largest absolute Gasteiger partial charge is 0.303 e. The van der Waals surface area contributed by atoms with Crippen LogP contribution in [0.15, 0.2) is 0 Å². The number of nitrogens with zero attached hydrogens (tertiary/aromatic N) is 1. The Morgan fingerprint density at radius 3 is 3.00 bits per heavy atom. The molecule has 1 aliphatic carbocycles. The van der Waals surface area contributed by atoms with Crippen molar-refractivity contribution in [2.24, 2.45) is 11.8 Å². The Morgan fingerprint density at radius 1 is 1.44 bits per heavy atom. The fourth-order valence-electron chi connectivity index (χ4n) is 1.95. The number of rotatable bonds is 1. The van der Waals surface area contributed by atoms with E-state index in [1.54, 1.807) is 0 Å². The summed E-state index contributed by atoms with van der Waals surface area (Å²) in [5, 5.41) is 0. The lowest BCUT2D eigenvalue weighted by molar-refractivity contribution is 0.230. The molecule has 2 atom stereocenters. The highest BCUT2D eigenvalue weighted by Gasteiger charge is 2.40. The van der Waals surface area contributed by atoms with E-state index >= 15 is 0 Å². The molecule has 52 valence electrons. The molecule has 0 N–H and O–H groups in total. The topological polar surface area (TPSA) is 3.24 Å². The molecule has 2 aliphatic rings. The zero-order chi connectivity index (χ0) is 6.27. The molecule has 0 radical (unpaired) electrons. The van der Waals surface area contributed by atoms with Gasteiger partial charge in [0.15, 0.2) is 0 Å². The van der Waals surface area contributed by atoms with Gasteiger partial charge in [0.25, 0.3) is 0 Å². The summed E-state index contributed by atoms with van der Waals surface area (Å²) in [6, 6.07) is 0. The van der Waals surface area contributed by atoms with Gasteiger partial charge in [0.05, 0.1) is 0 Å². The molecule has 1 saturated carbocycles. The Balaban J connectivity index is 1.86. The first-order chi connectivity index (χ1) is 4.40. The van der Waals surface area contributed by atoms with E-state index in [9.17, 15) is 0 Å². The maximum absolute atomic E-state index is 2.58. The van der Waals surface area contributed by atoms with Gasteiger partial charge in [0, 0.05) is 6.54 Å². The third kappa shape index (κ3) is 0.983. The molecule has 0 aromatic carbocycles. The van der Waals surface area contributed by atoms with Crippen LogP contribution in [0.25, 0.3) is 0 Å². The molecule has 0 aromatic rings. The molecule has 1 heteroatoms. The lowest BCUT2D eigenvalue weighted by Crippen LogP contribution is -2.30. The molecule has 2 fully saturated rings. The smallest absolute Gasteiger partial charge is 0.00123 e. The Morgan fingerprint density at radius 2 is 2.33 bits per heavy atom. The summed E-state index contributed by atoms with van der Waals surface area (Å²) in [5.41, 5.74) is 0. The lowest BCUT2D eigenvalue weighted by atomic mass is 10.1. The summed E-state index contributed by atoms with van der Waals surface area (Å²) in [7, 11) is 0. The molecule has 1 aliphatic heterocycles. The van der Waals surface area contributed by atoms with Crippen molar-refractivity contribution in [2.75, 3.05) is 19.6 Å². The van der Waals surface area contributed by atoms with Gasteiger partial charge in [-0.2, -0.15) is 0 Å². The van der Waals surface area contributed by atoms with E-state index in [1.807, 2.05) is 0 Å². The van der Waals surface area contributed by atoms with Crippen molar-refractivity contribution in [3.63, 3.8) is 0 Å². The van der Waals surface area contributed by atoms with E-state index in [4.69, 9.17) is 0 Å². The fourth-order valence-corrected chi connectivity index (χ4v) is 1.95. The molecular weight excluding hydrogens is 110 g/mol. The Bertz CT molecular complexity index is 111. The maximum Gasteiger partial charge on any atom is 0.00123 e. The van der Waals surface area contributed by atoms with E-state index in [1.165, 1.54) is 32.5 Å². The van der Waals surface area contributed by atoms with Gasteiger partial charge in [0.1, 0.15) is 0 Å². The average Bonchev–Trinajstić information content (AvgIpc) is 2.64. The van der Waals surface area contributed by atoms with Crippen molar-refractivity contribution >= 4 is 0 Å². The highest BCUT2D eigenvalue weighted by Crippen LogP contribution is 2.44. The van der Waals surface area contributed by atoms with Crippen LogP contribution in [-0.2, 0) is 0 Å². The second-order valence-electron chi connectivity index (χ2n) is 3.44. The van der Waals surface area contributed by atoms with Gasteiger partial charge in [-0.25, -0.2) is 0 Å². The summed E-state index contributed by atoms with van der Waals surface area (Å²) in [6.07, 6.45) is 3.02. The first-order valence-electron chi connectivity index (χ1n) is 4.12. The molecule has 1 saturated heterocycles. The average molecular weight is 125 g/mol. The summed E-state index contributed by atoms with van der Waals surface area (Å²) < 4.78 is 0. The van der Waals surface area contributed by atoms with Crippen molar-refractivity contribution in [1.82, 2.24) is 4.90 Å². The number of hydrogen-bond acceptors (Lipinski definition) is 1. The third-order valence-corrected chi connectivity index (χ3v) is 2.83. The molecule has 2 rings (SSSR count). The van der Waals surface area contributed by atoms with Gasteiger partial charge in [-0.15, -0.1) is 0 Å². The van der Waals surface area contributed by atoms with E-state index in [2.05, 4.69) is 11.8 Å². The first kappa shape index (κ1) is 5.72. The van der Waals surface area contributed by atoms with Gasteiger partial charge in [-0.05, 0) is 37.8 Å². The second kappa shape index (κ2) is 1.98. The predicted octanol–water partition coefficient (Wildman–Crippen LogP) is 1.35. The highest BCUT2D eigenvalue weighted by molar-refractivity contribution is 4.92. The van der Waals surface area contributed by atoms with Crippen LogP contribution in [0.4, 0.5) is 0 Å². The lowest BCUT2D eigenvalue weighted by Gasteiger charge is -2.23. The summed E-state index contributed by atoms with van der Waals surface area (Å²) in [6.45, 7) is 6.31. The van der Waals surface area contributed by atoms with Gasteiger partial charge >= 0.3 is 0 Å². The molecule has 1 nitrogen and oxygen atoms in total. The minimum absolute atomic E-state index is 1.11. The van der Waals surface area contributed by atoms with Crippen molar-refractivity contribution in [3.8, 4) is 0 Å². The van der Waals surface area contributed by atoms with E-state index in [-0.39, 0.29) is 0 Å². The third-order valence-electron chi connectivity index (χ3n) is 2.83. The predicted molar refractivity (Wildman–Crippen MR) is 38.3 cm³/mol. The number of piperidine rings is 1. The summed E-state index contributed by atoms with van der Waals surface area (Å²) in [4.78, 5) is 2.58. The van der Waals surface area contributed by atoms with Gasteiger partial charge in [0.2, 0.25) is 0 Å². The zero-order valence-electron chi connectivity index (χ0n) is 6.14. The number of likely N-dealkylation sites (tertiary alicyclic amines) is 1. The molecule has 0 spiro atoms. The van der Waals surface area contributed by atoms with Crippen LogP contribution >= 0.6 is 0 Å². The van der Waals surface area contributed by atoms with Crippen LogP contribution in [0.1, 0.15) is 19.8 Å². The standard InChI is InChI=1S/C8H15N/c1-2-9-4-3-7-5-8(7)6-9/h7-8H,2-6H2,1H3/t7-,8-/m0/s1. The van der Waals surface area contributed by atoms with Crippen LogP contribution in [0.5, 0.6) is 0 Å². The van der Waals surface area contributed by atoms with Gasteiger partial charge in [-0.3, -0.25) is 0 Å². The summed E-state index contributed by atoms with van der Waals surface area (Å²) >= 11 is 0. The molecule has 9 heavy (non-hydrogen) atoms. The molecule has 1 heterocycles. The van der Waals surface area contributed by atoms with E-state index in [0.717, 1.165) is 11.8 Å². The van der Waals surface area contributed by atoms with Crippen molar-refractivity contribution < 1.29 is 0 Å². The minimum atomic E-state index is 1.11. The van der Waals surface area contributed by atoms with E-state index in [0.29, 0.717) is 0 Å². The van der Waals surface area contributed by atoms with E-state index < -0.39 is 0 Å². The van der Waals surface area contributed by atoms with Crippen LogP contribution in [0.2, 0.25) is 0 Å². The van der Waals surface area contributed by atoms with Crippen molar-refractivity contribution in [1.29, 1.82) is 0 Å². The van der Waals surface area contributed by atoms with Crippen LogP contribution in [0.3, 0.4) is 0 Å². The highest BCUT2D eigenvalue weighted by atomic mass is 15.1. The Hall–Kier alpha value is -0.0400. The van der Waals surface area contributed by atoms with Crippen molar-refractivity contribution in [3.05, 3.63) is 0 Å². The molecular formula is C8H15N. The Labute approximate surface area is 57.0 Å². The molecule has 0 unspecified atom stereocenters. The van der Waals surface area contributed by atoms with Crippen LogP contribution in [-0.4, -0.2) is 24.5 Å². The minimum Gasteiger partial charge on any atom is -0.303 e. The second-order valence-corrected chi connectivity index (χ2v) is 3.44. The van der Waals surface area contributed by atoms with Gasteiger partial charge in [-0.1, -0.05) is 6.92 Å². The zero-order valence-corrected chi connectivity index (χ0v) is 6.14. The normalized spacial score (nSPS) is 42.3. The molecule has 0 bridgehead atoms. The quantitative estimate of drug-likeness (QED) is 0.511. The molecule has 0 amide bonds. The van der Waals surface area contributed by atoms with Crippen molar-refractivity contribution in [2.45, 2.75) is 19.8 Å². The number of hydrogen-bond donors (Lipinski definition) is 0. The number of fused-ring (bicyclic) bond motifs is 1. The summed E-state index contributed by atoms with van der Waals surface area (Å²) in [5.74, 6) is 2.26. The SMILES string of the molecule is CCN1CC[C@H]2C[C@H]2C1. The Kier molecular flexibility index (Phi) is 1.26. The van der Waals surface area contributed by atoms with Gasteiger partial charge < -0.3 is 4.90 Å². The van der Waals surface area contributed by atoms with Crippen LogP contribution < -0.4 is 0 Å². The first-order valence-corrected chi connectivity index (χ1v) is 4.12. The van der Waals surface area contributed by atoms with Crippen LogP contribution in [0, 0.1) is 11.8 Å².